The second-order valence-electron chi connectivity index (χ2n) is 6.28. The van der Waals surface area contributed by atoms with Crippen molar-refractivity contribution in [1.29, 1.82) is 0 Å². The number of nitro benzene ring substituents is 1. The van der Waals surface area contributed by atoms with Gasteiger partial charge in [-0.25, -0.2) is 9.78 Å². The van der Waals surface area contributed by atoms with Crippen LogP contribution in [0.1, 0.15) is 24.2 Å². The molecule has 1 aromatic carbocycles. The fourth-order valence-corrected chi connectivity index (χ4v) is 3.39. The Morgan fingerprint density at radius 3 is 2.64 bits per heavy atom. The lowest BCUT2D eigenvalue weighted by Crippen LogP contribution is -2.35. The van der Waals surface area contributed by atoms with Gasteiger partial charge in [-0.2, -0.15) is 0 Å². The van der Waals surface area contributed by atoms with Gasteiger partial charge in [0.15, 0.2) is 0 Å². The number of nitrogens with one attached hydrogen (secondary N) is 1. The van der Waals surface area contributed by atoms with Crippen LogP contribution in [0.3, 0.4) is 0 Å². The van der Waals surface area contributed by atoms with Gasteiger partial charge < -0.3 is 15.2 Å². The highest BCUT2D eigenvalue weighted by atomic mass is 16.6. The quantitative estimate of drug-likeness (QED) is 0.508. The lowest BCUT2D eigenvalue weighted by molar-refractivity contribution is -0.384. The number of non-ortho nitro benzene ring substituents is 1. The summed E-state index contributed by atoms with van der Waals surface area (Å²) in [4.78, 5) is 45.7. The summed E-state index contributed by atoms with van der Waals surface area (Å²) >= 11 is 0. The largest absolute Gasteiger partial charge is 0.481 e. The average Bonchev–Trinajstić information content (AvgIpc) is 3.13. The maximum Gasteiger partial charge on any atom is 0.334 e. The standard InChI is InChI=1S/C18H16N4O6/c1-9-14(17(23)24)15(10-3-2-4-11(7-10)22(27)28)16(18(25)26)12(21-9)8-13-19-5-6-20-13/h2-7,14-15H,8H2,1H3,(H,19,20)(H,23,24)(H,25,26). The molecule has 0 saturated heterocycles. The number of nitrogens with zero attached hydrogens (tertiary/aromatic N) is 3. The van der Waals surface area contributed by atoms with E-state index in [0.717, 1.165) is 0 Å². The summed E-state index contributed by atoms with van der Waals surface area (Å²) in [6.45, 7) is 1.50. The van der Waals surface area contributed by atoms with Crippen molar-refractivity contribution < 1.29 is 24.7 Å². The normalized spacial score (nSPS) is 19.2. The monoisotopic (exact) mass is 384 g/mol. The van der Waals surface area contributed by atoms with Crippen LogP contribution in [-0.4, -0.2) is 42.8 Å². The number of H-pyrrole nitrogens is 1. The highest BCUT2D eigenvalue weighted by Gasteiger charge is 2.42. The molecule has 1 aliphatic rings. The summed E-state index contributed by atoms with van der Waals surface area (Å²) in [5.41, 5.74) is 0.142. The molecular weight excluding hydrogens is 368 g/mol. The molecule has 144 valence electrons. The Morgan fingerprint density at radius 1 is 1.32 bits per heavy atom. The summed E-state index contributed by atoms with van der Waals surface area (Å²) in [5.74, 6) is -4.50. The van der Waals surface area contributed by atoms with E-state index >= 15 is 0 Å². The third-order valence-electron chi connectivity index (χ3n) is 4.54. The first-order chi connectivity index (χ1) is 13.3. The van der Waals surface area contributed by atoms with E-state index in [1.165, 1.54) is 37.4 Å². The fourth-order valence-electron chi connectivity index (χ4n) is 3.39. The molecule has 0 spiro atoms. The molecule has 0 saturated carbocycles. The van der Waals surface area contributed by atoms with Gasteiger partial charge in [0.05, 0.1) is 16.2 Å². The average molecular weight is 384 g/mol. The van der Waals surface area contributed by atoms with Crippen molar-refractivity contribution in [3.63, 3.8) is 0 Å². The van der Waals surface area contributed by atoms with Crippen LogP contribution >= 0.6 is 0 Å². The molecule has 2 aromatic rings. The van der Waals surface area contributed by atoms with Gasteiger partial charge in [0.2, 0.25) is 0 Å². The molecule has 0 radical (unpaired) electrons. The molecule has 0 fully saturated rings. The van der Waals surface area contributed by atoms with Gasteiger partial charge >= 0.3 is 11.9 Å². The van der Waals surface area contributed by atoms with E-state index in [1.54, 1.807) is 6.20 Å². The van der Waals surface area contributed by atoms with Gasteiger partial charge in [-0.15, -0.1) is 0 Å². The summed E-state index contributed by atoms with van der Waals surface area (Å²) in [6, 6.07) is 5.35. The van der Waals surface area contributed by atoms with E-state index in [1.807, 2.05) is 0 Å². The van der Waals surface area contributed by atoms with Crippen molar-refractivity contribution in [3.8, 4) is 0 Å². The number of aliphatic carboxylic acids is 2. The third-order valence-corrected chi connectivity index (χ3v) is 4.54. The Balaban J connectivity index is 2.21. The summed E-state index contributed by atoms with van der Waals surface area (Å²) in [5, 5.41) is 30.7. The third kappa shape index (κ3) is 3.52. The van der Waals surface area contributed by atoms with E-state index in [0.29, 0.717) is 5.82 Å². The number of aromatic nitrogens is 2. The number of nitro groups is 1. The minimum absolute atomic E-state index is 0.0593. The summed E-state index contributed by atoms with van der Waals surface area (Å²) in [7, 11) is 0. The molecule has 10 nitrogen and oxygen atoms in total. The van der Waals surface area contributed by atoms with E-state index in [-0.39, 0.29) is 34.7 Å². The topological polar surface area (TPSA) is 159 Å². The molecule has 0 bridgehead atoms. The molecule has 10 heteroatoms. The smallest absolute Gasteiger partial charge is 0.334 e. The zero-order valence-corrected chi connectivity index (χ0v) is 14.7. The maximum absolute atomic E-state index is 12.1. The molecule has 0 amide bonds. The van der Waals surface area contributed by atoms with Gasteiger partial charge in [0.1, 0.15) is 11.7 Å². The molecule has 1 aliphatic heterocycles. The minimum atomic E-state index is -1.33. The highest BCUT2D eigenvalue weighted by molar-refractivity contribution is 6.06. The number of carbonyl (C=O) groups is 2. The Labute approximate surface area is 158 Å². The van der Waals surface area contributed by atoms with Gasteiger partial charge in [-0.1, -0.05) is 12.1 Å². The Hall–Kier alpha value is -3.82. The van der Waals surface area contributed by atoms with Gasteiger partial charge in [0.25, 0.3) is 5.69 Å². The van der Waals surface area contributed by atoms with Crippen molar-refractivity contribution >= 4 is 23.3 Å². The Morgan fingerprint density at radius 2 is 2.07 bits per heavy atom. The van der Waals surface area contributed by atoms with Gasteiger partial charge in [-0.05, 0) is 12.5 Å². The number of carboxylic acid groups (broad SMARTS) is 2. The van der Waals surface area contributed by atoms with Crippen molar-refractivity contribution in [1.82, 2.24) is 9.97 Å². The highest BCUT2D eigenvalue weighted by Crippen LogP contribution is 2.40. The number of aliphatic imine (C=N–C) groups is 1. The lowest BCUT2D eigenvalue weighted by Gasteiger charge is -2.30. The van der Waals surface area contributed by atoms with Crippen LogP contribution in [0.15, 0.2) is 52.9 Å². The van der Waals surface area contributed by atoms with E-state index in [4.69, 9.17) is 0 Å². The van der Waals surface area contributed by atoms with Gasteiger partial charge in [0, 0.05) is 42.6 Å². The first-order valence-corrected chi connectivity index (χ1v) is 8.26. The van der Waals surface area contributed by atoms with Crippen LogP contribution in [0.4, 0.5) is 5.69 Å². The second-order valence-corrected chi connectivity index (χ2v) is 6.28. The van der Waals surface area contributed by atoms with Crippen LogP contribution in [0.25, 0.3) is 0 Å². The van der Waals surface area contributed by atoms with Crippen LogP contribution in [-0.2, 0) is 16.0 Å². The SMILES string of the molecule is CC1=NC(Cc2ncc[nH]2)=C(C(=O)O)C(c2cccc([N+](=O)[O-])c2)C1C(=O)O. The second kappa shape index (κ2) is 7.43. The summed E-state index contributed by atoms with van der Waals surface area (Å²) < 4.78 is 0. The molecule has 2 unspecified atom stereocenters. The van der Waals surface area contributed by atoms with Crippen LogP contribution < -0.4 is 0 Å². The predicted molar refractivity (Wildman–Crippen MR) is 97.0 cm³/mol. The van der Waals surface area contributed by atoms with Crippen molar-refractivity contribution in [3.05, 3.63) is 69.4 Å². The number of benzene rings is 1. The first kappa shape index (κ1) is 19.0. The van der Waals surface area contributed by atoms with E-state index < -0.39 is 28.7 Å². The van der Waals surface area contributed by atoms with Crippen LogP contribution in [0, 0.1) is 16.0 Å². The zero-order chi connectivity index (χ0) is 20.4. The fraction of sp³-hybridized carbons (Fsp3) is 0.222. The molecule has 0 aliphatic carbocycles. The lowest BCUT2D eigenvalue weighted by atomic mass is 9.75. The van der Waals surface area contributed by atoms with Crippen LogP contribution in [0.5, 0.6) is 0 Å². The number of rotatable bonds is 6. The van der Waals surface area contributed by atoms with Crippen molar-refractivity contribution in [2.45, 2.75) is 19.3 Å². The number of hydrogen-bond acceptors (Lipinski definition) is 6. The number of hydrogen-bond donors (Lipinski definition) is 3. The molecule has 1 aromatic heterocycles. The number of allylic oxidation sites excluding steroid dienone is 1. The molecule has 3 N–H and O–H groups in total. The zero-order valence-electron chi connectivity index (χ0n) is 14.7. The van der Waals surface area contributed by atoms with Crippen LogP contribution in [0.2, 0.25) is 0 Å². The number of imidazole rings is 1. The number of aromatic amines is 1. The van der Waals surface area contributed by atoms with E-state index in [9.17, 15) is 29.9 Å². The summed E-state index contributed by atoms with van der Waals surface area (Å²) in [6.07, 6.45) is 3.14. The molecule has 2 atom stereocenters. The molecular formula is C18H16N4O6. The molecule has 28 heavy (non-hydrogen) atoms. The Kier molecular flexibility index (Phi) is 5.03. The predicted octanol–water partition coefficient (Wildman–Crippen LogP) is 2.16. The van der Waals surface area contributed by atoms with Gasteiger partial charge in [-0.3, -0.25) is 19.9 Å². The van der Waals surface area contributed by atoms with Crippen molar-refractivity contribution in [2.75, 3.05) is 0 Å². The maximum atomic E-state index is 12.1. The first-order valence-electron chi connectivity index (χ1n) is 8.26. The number of carboxylic acids is 2. The Bertz CT molecular complexity index is 1010. The van der Waals surface area contributed by atoms with E-state index in [2.05, 4.69) is 15.0 Å². The van der Waals surface area contributed by atoms with Crippen molar-refractivity contribution in [2.24, 2.45) is 10.9 Å². The molecule has 3 rings (SSSR count). The molecule has 2 heterocycles. The minimum Gasteiger partial charge on any atom is -0.481 e.